The third-order valence-corrected chi connectivity index (χ3v) is 7.15. The molecule has 0 spiro atoms. The summed E-state index contributed by atoms with van der Waals surface area (Å²) in [5.74, 6) is -0.582. The second-order valence-corrected chi connectivity index (χ2v) is 10.2. The van der Waals surface area contributed by atoms with Gasteiger partial charge in [-0.25, -0.2) is 4.79 Å². The van der Waals surface area contributed by atoms with Gasteiger partial charge < -0.3 is 18.9 Å². The van der Waals surface area contributed by atoms with Crippen LogP contribution in [0.25, 0.3) is 10.4 Å². The number of carbonyl (C=O) groups is 1. The van der Waals surface area contributed by atoms with Crippen molar-refractivity contribution in [2.24, 2.45) is 5.11 Å². The highest BCUT2D eigenvalue weighted by molar-refractivity contribution is 5.66. The molecule has 2 heterocycles. The standard InChI is InChI=1S/C30H35N5O7/c1-21-18-35(29(38)33-27(21)37)28-25(41-22(2)36)26(40-20-24-12-7-4-8-13-24)30(42-28,14-9-16-32-34-31)15-17-39-19-23-10-5-3-6-11-23/h3-8,10-13,18,25-26,28H,9,14-17,19-20H2,1-2H3,(H,33,37,38)/t25-,26+,28-,30-/m1/s1. The Morgan fingerprint density at radius 2 is 1.74 bits per heavy atom. The molecule has 2 aromatic carbocycles. The Balaban J connectivity index is 1.72. The van der Waals surface area contributed by atoms with E-state index in [1.165, 1.54) is 17.7 Å². The highest BCUT2D eigenvalue weighted by atomic mass is 16.6. The minimum absolute atomic E-state index is 0.182. The maximum absolute atomic E-state index is 13.0. The van der Waals surface area contributed by atoms with E-state index >= 15 is 0 Å². The number of benzene rings is 2. The van der Waals surface area contributed by atoms with Crippen LogP contribution in [-0.2, 0) is 37.0 Å². The summed E-state index contributed by atoms with van der Waals surface area (Å²) in [7, 11) is 0. The molecule has 1 N–H and O–H groups in total. The normalized spacial score (nSPS) is 21.5. The summed E-state index contributed by atoms with van der Waals surface area (Å²) in [4.78, 5) is 42.6. The lowest BCUT2D eigenvalue weighted by molar-refractivity contribution is -0.158. The first-order valence-electron chi connectivity index (χ1n) is 13.8. The Kier molecular flexibility index (Phi) is 10.7. The molecule has 0 unspecified atom stereocenters. The van der Waals surface area contributed by atoms with Crippen LogP contribution in [0, 0.1) is 6.92 Å². The van der Waals surface area contributed by atoms with E-state index in [-0.39, 0.29) is 25.3 Å². The van der Waals surface area contributed by atoms with E-state index in [2.05, 4.69) is 15.0 Å². The zero-order chi connectivity index (χ0) is 30.0. The van der Waals surface area contributed by atoms with Gasteiger partial charge >= 0.3 is 11.7 Å². The summed E-state index contributed by atoms with van der Waals surface area (Å²) in [6, 6.07) is 19.2. The smallest absolute Gasteiger partial charge is 0.330 e. The minimum Gasteiger partial charge on any atom is -0.455 e. The van der Waals surface area contributed by atoms with Crippen LogP contribution in [0.5, 0.6) is 0 Å². The second-order valence-electron chi connectivity index (χ2n) is 10.2. The number of hydrogen-bond acceptors (Lipinski definition) is 8. The van der Waals surface area contributed by atoms with E-state index in [1.54, 1.807) is 6.92 Å². The molecule has 222 valence electrons. The summed E-state index contributed by atoms with van der Waals surface area (Å²) in [6.45, 7) is 3.87. The summed E-state index contributed by atoms with van der Waals surface area (Å²) in [5, 5.41) is 3.67. The summed E-state index contributed by atoms with van der Waals surface area (Å²) >= 11 is 0. The fraction of sp³-hybridized carbons (Fsp3) is 0.433. The van der Waals surface area contributed by atoms with Crippen LogP contribution in [0.2, 0.25) is 0 Å². The molecule has 4 rings (SSSR count). The molecular formula is C30H35N5O7. The maximum atomic E-state index is 13.0. The van der Waals surface area contributed by atoms with Crippen LogP contribution in [0.15, 0.2) is 81.6 Å². The Labute approximate surface area is 242 Å². The first kappa shape index (κ1) is 30.7. The third-order valence-electron chi connectivity index (χ3n) is 7.15. The van der Waals surface area contributed by atoms with Gasteiger partial charge in [0.2, 0.25) is 0 Å². The van der Waals surface area contributed by atoms with Gasteiger partial charge in [-0.15, -0.1) is 0 Å². The van der Waals surface area contributed by atoms with Gasteiger partial charge in [0.1, 0.15) is 11.7 Å². The molecule has 1 fully saturated rings. The van der Waals surface area contributed by atoms with Crippen molar-refractivity contribution in [3.8, 4) is 0 Å². The zero-order valence-electron chi connectivity index (χ0n) is 23.7. The molecular weight excluding hydrogens is 542 g/mol. The molecule has 1 aliphatic heterocycles. The van der Waals surface area contributed by atoms with Crippen LogP contribution in [0.4, 0.5) is 0 Å². The molecule has 1 aliphatic rings. The monoisotopic (exact) mass is 577 g/mol. The third kappa shape index (κ3) is 7.74. The van der Waals surface area contributed by atoms with Gasteiger partial charge in [0, 0.05) is 43.2 Å². The molecule has 0 amide bonds. The zero-order valence-corrected chi connectivity index (χ0v) is 23.7. The lowest BCUT2D eigenvalue weighted by Gasteiger charge is -2.35. The van der Waals surface area contributed by atoms with Crippen molar-refractivity contribution in [2.75, 3.05) is 13.2 Å². The van der Waals surface area contributed by atoms with Crippen molar-refractivity contribution in [3.63, 3.8) is 0 Å². The number of nitrogens with zero attached hydrogens (tertiary/aromatic N) is 4. The van der Waals surface area contributed by atoms with E-state index in [0.29, 0.717) is 25.9 Å². The quantitative estimate of drug-likeness (QED) is 0.0982. The highest BCUT2D eigenvalue weighted by Gasteiger charge is 2.58. The van der Waals surface area contributed by atoms with Gasteiger partial charge in [-0.1, -0.05) is 65.8 Å². The van der Waals surface area contributed by atoms with Gasteiger partial charge in [-0.2, -0.15) is 0 Å². The van der Waals surface area contributed by atoms with Crippen LogP contribution >= 0.6 is 0 Å². The Morgan fingerprint density at radius 1 is 1.07 bits per heavy atom. The summed E-state index contributed by atoms with van der Waals surface area (Å²) in [6.07, 6.45) is -0.482. The Bertz CT molecular complexity index is 1490. The fourth-order valence-electron chi connectivity index (χ4n) is 5.16. The van der Waals surface area contributed by atoms with Crippen LogP contribution in [-0.4, -0.2) is 46.5 Å². The minimum atomic E-state index is -1.11. The average Bonchev–Trinajstić information content (AvgIpc) is 3.27. The lowest BCUT2D eigenvalue weighted by atomic mass is 9.86. The first-order valence-corrected chi connectivity index (χ1v) is 13.8. The molecule has 1 saturated heterocycles. The summed E-state index contributed by atoms with van der Waals surface area (Å²) in [5.41, 5.74) is 8.68. The van der Waals surface area contributed by atoms with Crippen molar-refractivity contribution in [1.82, 2.24) is 9.55 Å². The number of H-pyrrole nitrogens is 1. The highest BCUT2D eigenvalue weighted by Crippen LogP contribution is 2.45. The number of ether oxygens (including phenoxy) is 4. The molecule has 0 saturated carbocycles. The molecule has 3 aromatic rings. The Hall–Kier alpha value is -4.22. The van der Waals surface area contributed by atoms with Gasteiger partial charge in [0.15, 0.2) is 12.3 Å². The molecule has 0 bridgehead atoms. The summed E-state index contributed by atoms with van der Waals surface area (Å²) < 4.78 is 26.2. The van der Waals surface area contributed by atoms with Crippen LogP contribution < -0.4 is 11.2 Å². The van der Waals surface area contributed by atoms with E-state index in [4.69, 9.17) is 24.5 Å². The van der Waals surface area contributed by atoms with Crippen molar-refractivity contribution < 1.29 is 23.7 Å². The van der Waals surface area contributed by atoms with Crippen molar-refractivity contribution in [2.45, 2.75) is 70.4 Å². The van der Waals surface area contributed by atoms with Gasteiger partial charge in [-0.3, -0.25) is 19.1 Å². The molecule has 0 aliphatic carbocycles. The largest absolute Gasteiger partial charge is 0.455 e. The predicted octanol–water partition coefficient (Wildman–Crippen LogP) is 4.33. The number of nitrogens with one attached hydrogen (secondary N) is 1. The number of aromatic amines is 1. The topological polar surface area (TPSA) is 158 Å². The molecule has 42 heavy (non-hydrogen) atoms. The van der Waals surface area contributed by atoms with E-state index in [1.807, 2.05) is 60.7 Å². The SMILES string of the molecule is CC(=O)O[C@H]1[C@H](n2cc(C)c(=O)[nH]c2=O)O[C@](CCCN=[N+]=[N-])(CCOCc2ccccc2)[C@H]1OCc1ccccc1. The number of aromatic nitrogens is 2. The molecule has 4 atom stereocenters. The Morgan fingerprint density at radius 3 is 2.38 bits per heavy atom. The number of carbonyl (C=O) groups excluding carboxylic acids is 1. The fourth-order valence-corrected chi connectivity index (χ4v) is 5.16. The molecule has 1 aromatic heterocycles. The number of azide groups is 1. The van der Waals surface area contributed by atoms with Crippen LogP contribution in [0.1, 0.15) is 49.1 Å². The average molecular weight is 578 g/mol. The number of esters is 1. The molecule has 12 nitrogen and oxygen atoms in total. The first-order chi connectivity index (χ1) is 20.3. The van der Waals surface area contributed by atoms with Crippen LogP contribution in [0.3, 0.4) is 0 Å². The number of aryl methyl sites for hydroxylation is 1. The predicted molar refractivity (Wildman–Crippen MR) is 153 cm³/mol. The number of hydrogen-bond donors (Lipinski definition) is 1. The van der Waals surface area contributed by atoms with Gasteiger partial charge in [0.05, 0.1) is 13.2 Å². The molecule has 12 heteroatoms. The van der Waals surface area contributed by atoms with Crippen molar-refractivity contribution in [1.29, 1.82) is 0 Å². The van der Waals surface area contributed by atoms with Gasteiger partial charge in [0.25, 0.3) is 5.56 Å². The van der Waals surface area contributed by atoms with E-state index in [9.17, 15) is 14.4 Å². The van der Waals surface area contributed by atoms with Crippen molar-refractivity contribution in [3.05, 3.63) is 115 Å². The molecule has 0 radical (unpaired) electrons. The van der Waals surface area contributed by atoms with Gasteiger partial charge in [-0.05, 0) is 36.4 Å². The lowest BCUT2D eigenvalue weighted by Crippen LogP contribution is -2.47. The van der Waals surface area contributed by atoms with E-state index < -0.39 is 41.3 Å². The van der Waals surface area contributed by atoms with Crippen molar-refractivity contribution >= 4 is 5.97 Å². The van der Waals surface area contributed by atoms with E-state index in [0.717, 1.165) is 11.1 Å². The maximum Gasteiger partial charge on any atom is 0.330 e. The number of rotatable bonds is 14. The second kappa shape index (κ2) is 14.6.